The Morgan fingerprint density at radius 3 is 2.86 bits per heavy atom. The van der Waals surface area contributed by atoms with Gasteiger partial charge in [0.05, 0.1) is 11.5 Å². The van der Waals surface area contributed by atoms with Crippen LogP contribution in [0.2, 0.25) is 0 Å². The summed E-state index contributed by atoms with van der Waals surface area (Å²) >= 11 is 0. The molecule has 0 aromatic rings. The van der Waals surface area contributed by atoms with Crippen LogP contribution in [0, 0.1) is 11.3 Å². The van der Waals surface area contributed by atoms with Crippen LogP contribution in [0.25, 0.3) is 0 Å². The van der Waals surface area contributed by atoms with Crippen LogP contribution in [0.3, 0.4) is 0 Å². The lowest BCUT2D eigenvalue weighted by Gasteiger charge is -2.33. The van der Waals surface area contributed by atoms with Gasteiger partial charge in [-0.25, -0.2) is 9.79 Å². The van der Waals surface area contributed by atoms with Gasteiger partial charge >= 0.3 is 5.97 Å². The van der Waals surface area contributed by atoms with Crippen molar-refractivity contribution in [3.05, 3.63) is 0 Å². The summed E-state index contributed by atoms with van der Waals surface area (Å²) in [6.45, 7) is 0. The summed E-state index contributed by atoms with van der Waals surface area (Å²) in [5.41, 5.74) is -0.750. The number of aliphatic imine (C=N–C) groups is 1. The van der Waals surface area contributed by atoms with Gasteiger partial charge in [-0.05, 0) is 38.0 Å². The number of carboxylic acids is 1. The fourth-order valence-corrected chi connectivity index (χ4v) is 2.99. The monoisotopic (exact) mass is 195 g/mol. The Hall–Kier alpha value is -1.15. The Kier molecular flexibility index (Phi) is 2.16. The topological polar surface area (TPSA) is 66.7 Å². The minimum absolute atomic E-state index is 0.337. The Labute approximate surface area is 82.0 Å². The molecular weight excluding hydrogens is 182 g/mol. The summed E-state index contributed by atoms with van der Waals surface area (Å²) in [5, 5.41) is 9.22. The second-order valence-corrected chi connectivity index (χ2v) is 4.38. The van der Waals surface area contributed by atoms with Gasteiger partial charge in [-0.1, -0.05) is 0 Å². The highest BCUT2D eigenvalue weighted by Crippen LogP contribution is 2.52. The summed E-state index contributed by atoms with van der Waals surface area (Å²) < 4.78 is 0. The fourth-order valence-electron chi connectivity index (χ4n) is 2.99. The first-order valence-corrected chi connectivity index (χ1v) is 4.99. The van der Waals surface area contributed by atoms with Gasteiger partial charge in [0.1, 0.15) is 0 Å². The number of aliphatic carboxylic acids is 1. The zero-order valence-corrected chi connectivity index (χ0v) is 7.90. The molecule has 14 heavy (non-hydrogen) atoms. The van der Waals surface area contributed by atoms with E-state index in [2.05, 4.69) is 4.99 Å². The van der Waals surface area contributed by atoms with Crippen LogP contribution in [0.15, 0.2) is 4.99 Å². The van der Waals surface area contributed by atoms with Crippen molar-refractivity contribution in [2.45, 2.75) is 38.1 Å². The first kappa shape index (κ1) is 9.41. The number of hydrogen-bond acceptors (Lipinski definition) is 3. The Balaban J connectivity index is 2.32. The van der Waals surface area contributed by atoms with Crippen molar-refractivity contribution in [3.8, 4) is 0 Å². The van der Waals surface area contributed by atoms with Crippen molar-refractivity contribution in [1.29, 1.82) is 0 Å². The molecule has 4 heteroatoms. The number of rotatable bonds is 2. The first-order chi connectivity index (χ1) is 6.69. The second-order valence-electron chi connectivity index (χ2n) is 4.38. The molecule has 4 nitrogen and oxygen atoms in total. The fraction of sp³-hybridized carbons (Fsp3) is 0.800. The lowest BCUT2D eigenvalue weighted by atomic mass is 9.72. The molecule has 76 valence electrons. The molecule has 2 aliphatic rings. The minimum atomic E-state index is -0.788. The van der Waals surface area contributed by atoms with Crippen LogP contribution in [0.4, 0.5) is 0 Å². The van der Waals surface area contributed by atoms with Gasteiger partial charge in [0.25, 0.3) is 0 Å². The molecule has 3 unspecified atom stereocenters. The van der Waals surface area contributed by atoms with Crippen molar-refractivity contribution in [3.63, 3.8) is 0 Å². The SMILES string of the molecule is O=C=NC1CCC2CCC1(C(=O)O)C2. The predicted octanol–water partition coefficient (Wildman–Crippen LogP) is 1.36. The lowest BCUT2D eigenvalue weighted by Crippen LogP contribution is -2.41. The third kappa shape index (κ3) is 1.18. The summed E-state index contributed by atoms with van der Waals surface area (Å²) in [7, 11) is 0. The highest BCUT2D eigenvalue weighted by atomic mass is 16.4. The number of nitrogens with zero attached hydrogens (tertiary/aromatic N) is 1. The lowest BCUT2D eigenvalue weighted by molar-refractivity contribution is -0.151. The molecule has 0 aliphatic heterocycles. The quantitative estimate of drug-likeness (QED) is 0.534. The Morgan fingerprint density at radius 2 is 2.21 bits per heavy atom. The van der Waals surface area contributed by atoms with Crippen LogP contribution < -0.4 is 0 Å². The molecule has 0 aromatic heterocycles. The van der Waals surface area contributed by atoms with Crippen molar-refractivity contribution in [2.75, 3.05) is 0 Å². The average Bonchev–Trinajstić information content (AvgIpc) is 2.51. The molecule has 2 bridgehead atoms. The third-order valence-electron chi connectivity index (χ3n) is 3.77. The average molecular weight is 195 g/mol. The molecule has 2 rings (SSSR count). The molecule has 0 amide bonds. The predicted molar refractivity (Wildman–Crippen MR) is 48.6 cm³/mol. The number of isocyanates is 1. The van der Waals surface area contributed by atoms with Gasteiger partial charge in [0.15, 0.2) is 0 Å². The van der Waals surface area contributed by atoms with E-state index in [-0.39, 0.29) is 6.04 Å². The van der Waals surface area contributed by atoms with E-state index in [1.165, 1.54) is 6.08 Å². The van der Waals surface area contributed by atoms with E-state index in [0.717, 1.165) is 19.3 Å². The minimum Gasteiger partial charge on any atom is -0.481 e. The number of hydrogen-bond donors (Lipinski definition) is 1. The molecule has 3 atom stereocenters. The van der Waals surface area contributed by atoms with Gasteiger partial charge in [0, 0.05) is 0 Å². The Morgan fingerprint density at radius 1 is 1.43 bits per heavy atom. The van der Waals surface area contributed by atoms with E-state index in [4.69, 9.17) is 0 Å². The van der Waals surface area contributed by atoms with Crippen LogP contribution in [-0.2, 0) is 9.59 Å². The van der Waals surface area contributed by atoms with E-state index < -0.39 is 11.4 Å². The van der Waals surface area contributed by atoms with Gasteiger partial charge in [-0.15, -0.1) is 0 Å². The van der Waals surface area contributed by atoms with Crippen molar-refractivity contribution >= 4 is 12.0 Å². The standard InChI is InChI=1S/C10H13NO3/c12-6-11-8-2-1-7-3-4-10(8,5-7)9(13)14/h7-8H,1-5H2,(H,13,14). The highest BCUT2D eigenvalue weighted by Gasteiger charge is 2.54. The molecule has 1 N–H and O–H groups in total. The summed E-state index contributed by atoms with van der Waals surface area (Å²) in [6, 6.07) is -0.337. The summed E-state index contributed by atoms with van der Waals surface area (Å²) in [5.74, 6) is -0.257. The highest BCUT2D eigenvalue weighted by molar-refractivity contribution is 5.76. The van der Waals surface area contributed by atoms with E-state index in [1.54, 1.807) is 0 Å². The van der Waals surface area contributed by atoms with Crippen molar-refractivity contribution < 1.29 is 14.7 Å². The molecule has 0 saturated heterocycles. The van der Waals surface area contributed by atoms with Crippen LogP contribution in [0.1, 0.15) is 32.1 Å². The molecule has 0 spiro atoms. The van der Waals surface area contributed by atoms with E-state index in [0.29, 0.717) is 18.8 Å². The molecule has 0 heterocycles. The first-order valence-electron chi connectivity index (χ1n) is 4.99. The number of carbonyl (C=O) groups excluding carboxylic acids is 1. The van der Waals surface area contributed by atoms with E-state index >= 15 is 0 Å². The largest absolute Gasteiger partial charge is 0.481 e. The number of fused-ring (bicyclic) bond motifs is 2. The zero-order valence-electron chi connectivity index (χ0n) is 7.90. The van der Waals surface area contributed by atoms with Crippen LogP contribution in [0.5, 0.6) is 0 Å². The van der Waals surface area contributed by atoms with Gasteiger partial charge < -0.3 is 5.11 Å². The number of carbonyl (C=O) groups is 1. The molecular formula is C10H13NO3. The maximum Gasteiger partial charge on any atom is 0.311 e. The second kappa shape index (κ2) is 3.21. The van der Waals surface area contributed by atoms with Crippen molar-refractivity contribution in [2.24, 2.45) is 16.3 Å². The number of carboxylic acid groups (broad SMARTS) is 1. The summed E-state index contributed by atoms with van der Waals surface area (Å²) in [4.78, 5) is 25.1. The summed E-state index contributed by atoms with van der Waals surface area (Å²) in [6.07, 6.45) is 5.58. The maximum absolute atomic E-state index is 11.2. The smallest absolute Gasteiger partial charge is 0.311 e. The molecule has 0 aromatic carbocycles. The normalized spacial score (nSPS) is 40.3. The van der Waals surface area contributed by atoms with Crippen LogP contribution in [-0.4, -0.2) is 23.2 Å². The molecule has 2 aliphatic carbocycles. The third-order valence-corrected chi connectivity index (χ3v) is 3.77. The van der Waals surface area contributed by atoms with Gasteiger partial charge in [0.2, 0.25) is 6.08 Å². The van der Waals surface area contributed by atoms with E-state index in [9.17, 15) is 14.7 Å². The van der Waals surface area contributed by atoms with Gasteiger partial charge in [-0.3, -0.25) is 4.79 Å². The zero-order chi connectivity index (χ0) is 10.2. The maximum atomic E-state index is 11.2. The van der Waals surface area contributed by atoms with Crippen molar-refractivity contribution in [1.82, 2.24) is 0 Å². The van der Waals surface area contributed by atoms with Gasteiger partial charge in [-0.2, -0.15) is 0 Å². The van der Waals surface area contributed by atoms with E-state index in [1.807, 2.05) is 0 Å². The Bertz CT molecular complexity index is 306. The van der Waals surface area contributed by atoms with Crippen LogP contribution >= 0.6 is 0 Å². The molecule has 2 fully saturated rings. The molecule has 0 radical (unpaired) electrons. The molecule has 2 saturated carbocycles.